The van der Waals surface area contributed by atoms with Crippen LogP contribution < -0.4 is 5.32 Å². The quantitative estimate of drug-likeness (QED) is 0.577. The molecule has 118 valence electrons. The Kier molecular flexibility index (Phi) is 6.06. The summed E-state index contributed by atoms with van der Waals surface area (Å²) in [4.78, 5) is 12.6. The summed E-state index contributed by atoms with van der Waals surface area (Å²) in [5, 5.41) is 22.9. The Hall–Kier alpha value is -1.76. The predicted octanol–water partition coefficient (Wildman–Crippen LogP) is 3.43. The van der Waals surface area contributed by atoms with Crippen molar-refractivity contribution in [3.05, 3.63) is 51.4 Å². The van der Waals surface area contributed by atoms with Gasteiger partial charge in [-0.05, 0) is 48.7 Å². The number of aliphatic hydroxyl groups is 1. The van der Waals surface area contributed by atoms with Crippen molar-refractivity contribution in [3.63, 3.8) is 0 Å². The van der Waals surface area contributed by atoms with Crippen molar-refractivity contribution in [2.75, 3.05) is 13.2 Å². The van der Waals surface area contributed by atoms with Crippen LogP contribution in [0.2, 0.25) is 0 Å². The summed E-state index contributed by atoms with van der Waals surface area (Å²) < 4.78 is 0. The largest absolute Gasteiger partial charge is 0.396 e. The Labute approximate surface area is 133 Å². The number of aliphatic hydroxyl groups excluding tert-OH is 1. The van der Waals surface area contributed by atoms with Gasteiger partial charge in [0.2, 0.25) is 0 Å². The summed E-state index contributed by atoms with van der Waals surface area (Å²) in [5.41, 5.74) is 1.11. The van der Waals surface area contributed by atoms with Crippen LogP contribution in [0.1, 0.15) is 18.2 Å². The maximum absolute atomic E-state index is 10.7. The van der Waals surface area contributed by atoms with E-state index in [2.05, 4.69) is 18.3 Å². The number of nitrogens with one attached hydrogen (secondary N) is 1. The Balaban J connectivity index is 1.92. The Morgan fingerprint density at radius 1 is 1.27 bits per heavy atom. The third-order valence-electron chi connectivity index (χ3n) is 3.44. The monoisotopic (exact) mass is 320 g/mol. The van der Waals surface area contributed by atoms with Crippen LogP contribution >= 0.6 is 11.3 Å². The number of rotatable bonds is 8. The van der Waals surface area contributed by atoms with Crippen LogP contribution in [0.3, 0.4) is 0 Å². The number of nitro benzene ring substituents is 1. The van der Waals surface area contributed by atoms with E-state index >= 15 is 0 Å². The average molecular weight is 320 g/mol. The fraction of sp³-hybridized carbons (Fsp3) is 0.375. The highest BCUT2D eigenvalue weighted by Crippen LogP contribution is 2.29. The first-order valence-corrected chi connectivity index (χ1v) is 8.07. The molecule has 6 heteroatoms. The molecule has 0 saturated carbocycles. The molecule has 0 aliphatic carbocycles. The van der Waals surface area contributed by atoms with E-state index in [4.69, 9.17) is 5.11 Å². The summed E-state index contributed by atoms with van der Waals surface area (Å²) in [5.74, 6) is 0.458. The Bertz CT molecular complexity index is 610. The highest BCUT2D eigenvalue weighted by Gasteiger charge is 2.07. The van der Waals surface area contributed by atoms with Gasteiger partial charge in [-0.2, -0.15) is 0 Å². The van der Waals surface area contributed by atoms with E-state index in [-0.39, 0.29) is 17.2 Å². The predicted molar refractivity (Wildman–Crippen MR) is 89.0 cm³/mol. The lowest BCUT2D eigenvalue weighted by Gasteiger charge is -2.09. The second-order valence-electron chi connectivity index (χ2n) is 5.32. The summed E-state index contributed by atoms with van der Waals surface area (Å²) in [7, 11) is 0. The fourth-order valence-electron chi connectivity index (χ4n) is 2.14. The van der Waals surface area contributed by atoms with E-state index in [1.807, 2.05) is 6.07 Å². The minimum atomic E-state index is -0.388. The molecule has 0 saturated heterocycles. The van der Waals surface area contributed by atoms with Crippen LogP contribution in [0.4, 0.5) is 5.69 Å². The molecule has 1 aromatic heterocycles. The van der Waals surface area contributed by atoms with E-state index < -0.39 is 0 Å². The van der Waals surface area contributed by atoms with Gasteiger partial charge >= 0.3 is 0 Å². The summed E-state index contributed by atoms with van der Waals surface area (Å²) in [6.45, 7) is 4.02. The highest BCUT2D eigenvalue weighted by molar-refractivity contribution is 7.15. The molecule has 5 nitrogen and oxygen atoms in total. The maximum atomic E-state index is 10.7. The van der Waals surface area contributed by atoms with Crippen LogP contribution in [0.5, 0.6) is 0 Å². The molecule has 0 amide bonds. The van der Waals surface area contributed by atoms with Crippen molar-refractivity contribution in [2.45, 2.75) is 19.9 Å². The molecule has 0 aliphatic heterocycles. The maximum Gasteiger partial charge on any atom is 0.269 e. The molecule has 22 heavy (non-hydrogen) atoms. The van der Waals surface area contributed by atoms with E-state index in [1.54, 1.807) is 23.5 Å². The molecule has 0 radical (unpaired) electrons. The number of non-ortho nitro benzene ring substituents is 1. The summed E-state index contributed by atoms with van der Waals surface area (Å²) >= 11 is 1.68. The van der Waals surface area contributed by atoms with E-state index in [0.717, 1.165) is 30.0 Å². The standard InChI is InChI=1S/C16H20N2O3S/c1-12(8-9-19)10-17-11-15-6-7-16(22-15)13-2-4-14(5-3-13)18(20)21/h2-7,12,17,19H,8-11H2,1H3. The van der Waals surface area contributed by atoms with Crippen LogP contribution in [-0.2, 0) is 6.54 Å². The van der Waals surface area contributed by atoms with Gasteiger partial charge in [-0.3, -0.25) is 10.1 Å². The minimum absolute atomic E-state index is 0.111. The van der Waals surface area contributed by atoms with Gasteiger partial charge in [0.05, 0.1) is 4.92 Å². The van der Waals surface area contributed by atoms with Gasteiger partial charge in [-0.15, -0.1) is 11.3 Å². The zero-order chi connectivity index (χ0) is 15.9. The van der Waals surface area contributed by atoms with Gasteiger partial charge in [0.15, 0.2) is 0 Å². The molecule has 0 fully saturated rings. The first-order valence-electron chi connectivity index (χ1n) is 7.25. The molecule has 2 aromatic rings. The van der Waals surface area contributed by atoms with Crippen molar-refractivity contribution in [1.29, 1.82) is 0 Å². The van der Waals surface area contributed by atoms with Gasteiger partial charge in [0.1, 0.15) is 0 Å². The molecule has 0 bridgehead atoms. The lowest BCUT2D eigenvalue weighted by molar-refractivity contribution is -0.384. The minimum Gasteiger partial charge on any atom is -0.396 e. The van der Waals surface area contributed by atoms with Crippen LogP contribution in [0, 0.1) is 16.0 Å². The number of nitrogens with zero attached hydrogens (tertiary/aromatic N) is 1. The molecule has 0 spiro atoms. The Morgan fingerprint density at radius 2 is 2.00 bits per heavy atom. The van der Waals surface area contributed by atoms with Crippen molar-refractivity contribution in [2.24, 2.45) is 5.92 Å². The smallest absolute Gasteiger partial charge is 0.269 e. The Morgan fingerprint density at radius 3 is 2.64 bits per heavy atom. The number of hydrogen-bond acceptors (Lipinski definition) is 5. The fourth-order valence-corrected chi connectivity index (χ4v) is 3.12. The molecule has 2 rings (SSSR count). The van der Waals surface area contributed by atoms with Gasteiger partial charge in [-0.1, -0.05) is 6.92 Å². The van der Waals surface area contributed by atoms with Crippen molar-refractivity contribution in [3.8, 4) is 10.4 Å². The van der Waals surface area contributed by atoms with Crippen LogP contribution in [0.25, 0.3) is 10.4 Å². The number of thiophene rings is 1. The molecular weight excluding hydrogens is 300 g/mol. The van der Waals surface area contributed by atoms with E-state index in [0.29, 0.717) is 5.92 Å². The van der Waals surface area contributed by atoms with E-state index in [9.17, 15) is 10.1 Å². The third-order valence-corrected chi connectivity index (χ3v) is 4.57. The van der Waals surface area contributed by atoms with Gasteiger partial charge < -0.3 is 10.4 Å². The van der Waals surface area contributed by atoms with Crippen molar-refractivity contribution in [1.82, 2.24) is 5.32 Å². The molecule has 1 atom stereocenters. The van der Waals surface area contributed by atoms with Gasteiger partial charge in [0, 0.05) is 35.0 Å². The normalized spacial score (nSPS) is 12.3. The first kappa shape index (κ1) is 16.6. The SMILES string of the molecule is CC(CCO)CNCc1ccc(-c2ccc([N+](=O)[O-])cc2)s1. The molecule has 2 N–H and O–H groups in total. The average Bonchev–Trinajstić information content (AvgIpc) is 2.96. The van der Waals surface area contributed by atoms with Crippen molar-refractivity contribution >= 4 is 17.0 Å². The van der Waals surface area contributed by atoms with Gasteiger partial charge in [-0.25, -0.2) is 0 Å². The summed E-state index contributed by atoms with van der Waals surface area (Å²) in [6.07, 6.45) is 0.811. The number of nitro groups is 1. The van der Waals surface area contributed by atoms with E-state index in [1.165, 1.54) is 17.0 Å². The zero-order valence-electron chi connectivity index (χ0n) is 12.5. The highest BCUT2D eigenvalue weighted by atomic mass is 32.1. The van der Waals surface area contributed by atoms with Gasteiger partial charge in [0.25, 0.3) is 5.69 Å². The topological polar surface area (TPSA) is 75.4 Å². The van der Waals surface area contributed by atoms with Crippen molar-refractivity contribution < 1.29 is 10.0 Å². The number of hydrogen-bond donors (Lipinski definition) is 2. The molecule has 0 aliphatic rings. The molecule has 1 unspecified atom stereocenters. The molecule has 1 heterocycles. The first-order chi connectivity index (χ1) is 10.6. The molecule has 1 aromatic carbocycles. The lowest BCUT2D eigenvalue weighted by atomic mass is 10.1. The molecular formula is C16H20N2O3S. The van der Waals surface area contributed by atoms with Crippen LogP contribution in [-0.4, -0.2) is 23.2 Å². The second-order valence-corrected chi connectivity index (χ2v) is 6.49. The summed E-state index contributed by atoms with van der Waals surface area (Å²) in [6, 6.07) is 10.7. The zero-order valence-corrected chi connectivity index (χ0v) is 13.3. The third kappa shape index (κ3) is 4.62. The second kappa shape index (κ2) is 8.03. The number of benzene rings is 1. The van der Waals surface area contributed by atoms with Crippen LogP contribution in [0.15, 0.2) is 36.4 Å². The lowest BCUT2D eigenvalue weighted by Crippen LogP contribution is -2.20.